The Hall–Kier alpha value is -1.67. The predicted molar refractivity (Wildman–Crippen MR) is 40.6 cm³/mol. The van der Waals surface area contributed by atoms with Crippen LogP contribution in [0.5, 0.6) is 5.75 Å². The molecule has 0 saturated heterocycles. The highest BCUT2D eigenvalue weighted by Crippen LogP contribution is 2.23. The van der Waals surface area contributed by atoms with Gasteiger partial charge in [0.25, 0.3) is 0 Å². The van der Waals surface area contributed by atoms with E-state index in [1.807, 2.05) is 0 Å². The lowest BCUT2D eigenvalue weighted by molar-refractivity contribution is 0.395. The third-order valence-corrected chi connectivity index (χ3v) is 1.54. The summed E-state index contributed by atoms with van der Waals surface area (Å²) >= 11 is 0. The van der Waals surface area contributed by atoms with Gasteiger partial charge in [-0.15, -0.1) is 0 Å². The molecule has 0 amide bonds. The van der Waals surface area contributed by atoms with Crippen LogP contribution in [0.3, 0.4) is 0 Å². The molecule has 0 unspecified atom stereocenters. The molecule has 0 fully saturated rings. The number of phenols is 1. The maximum absolute atomic E-state index is 12.7. The minimum atomic E-state index is -1.12. The number of nitrogens with zero attached hydrogens (tertiary/aromatic N) is 1. The van der Waals surface area contributed by atoms with Gasteiger partial charge in [-0.05, 0) is 17.7 Å². The Morgan fingerprint density at radius 3 is 2.23 bits per heavy atom. The number of nitrogens with two attached hydrogens (primary N) is 1. The number of hydrogen-bond donors (Lipinski definition) is 2. The van der Waals surface area contributed by atoms with E-state index in [9.17, 15) is 8.78 Å². The van der Waals surface area contributed by atoms with Crippen LogP contribution in [-0.4, -0.2) is 5.11 Å². The Kier molecular flexibility index (Phi) is 2.44. The second-order valence-corrected chi connectivity index (χ2v) is 2.44. The lowest BCUT2D eigenvalue weighted by Gasteiger charge is -2.04. The fourth-order valence-corrected chi connectivity index (χ4v) is 0.839. The molecular formula is C8H6F2N2O. The molecule has 0 saturated carbocycles. The van der Waals surface area contributed by atoms with Crippen molar-refractivity contribution >= 4 is 0 Å². The summed E-state index contributed by atoms with van der Waals surface area (Å²) in [5.41, 5.74) is 5.20. The molecule has 0 aromatic heterocycles. The zero-order valence-electron chi connectivity index (χ0n) is 6.46. The molecule has 0 aliphatic heterocycles. The first kappa shape index (κ1) is 9.42. The molecular weight excluding hydrogens is 178 g/mol. The number of benzene rings is 1. The molecule has 1 aromatic rings. The summed E-state index contributed by atoms with van der Waals surface area (Å²) in [5.74, 6) is -3.31. The van der Waals surface area contributed by atoms with E-state index in [0.29, 0.717) is 0 Å². The summed E-state index contributed by atoms with van der Waals surface area (Å²) < 4.78 is 25.4. The van der Waals surface area contributed by atoms with E-state index >= 15 is 0 Å². The number of phenolic OH excluding ortho intramolecular Hbond substituents is 1. The Morgan fingerprint density at radius 1 is 1.38 bits per heavy atom. The van der Waals surface area contributed by atoms with E-state index < -0.39 is 23.4 Å². The molecule has 1 aromatic carbocycles. The smallest absolute Gasteiger partial charge is 0.187 e. The highest BCUT2D eigenvalue weighted by molar-refractivity contribution is 5.33. The van der Waals surface area contributed by atoms with Gasteiger partial charge in [-0.3, -0.25) is 0 Å². The van der Waals surface area contributed by atoms with Crippen molar-refractivity contribution in [1.82, 2.24) is 0 Å². The maximum Gasteiger partial charge on any atom is 0.187 e. The summed E-state index contributed by atoms with van der Waals surface area (Å²) in [5, 5.41) is 17.1. The van der Waals surface area contributed by atoms with Crippen molar-refractivity contribution in [2.45, 2.75) is 6.04 Å². The van der Waals surface area contributed by atoms with E-state index in [-0.39, 0.29) is 5.56 Å². The topological polar surface area (TPSA) is 70.0 Å². The van der Waals surface area contributed by atoms with E-state index in [1.54, 1.807) is 6.07 Å². The Labute approximate surface area is 73.0 Å². The molecule has 0 aliphatic carbocycles. The summed E-state index contributed by atoms with van der Waals surface area (Å²) in [4.78, 5) is 0. The fraction of sp³-hybridized carbons (Fsp3) is 0.125. The second-order valence-electron chi connectivity index (χ2n) is 2.44. The highest BCUT2D eigenvalue weighted by atomic mass is 19.1. The van der Waals surface area contributed by atoms with Crippen LogP contribution < -0.4 is 5.73 Å². The summed E-state index contributed by atoms with van der Waals surface area (Å²) in [6.07, 6.45) is 0. The Bertz CT molecular complexity index is 350. The predicted octanol–water partition coefficient (Wildman–Crippen LogP) is 1.19. The van der Waals surface area contributed by atoms with Crippen molar-refractivity contribution in [3.05, 3.63) is 29.3 Å². The van der Waals surface area contributed by atoms with Crippen molar-refractivity contribution in [3.8, 4) is 11.8 Å². The molecule has 0 bridgehead atoms. The minimum absolute atomic E-state index is 0.00435. The molecule has 0 heterocycles. The van der Waals surface area contributed by atoms with Crippen molar-refractivity contribution < 1.29 is 13.9 Å². The number of rotatable bonds is 1. The average Bonchev–Trinajstić information content (AvgIpc) is 2.12. The molecule has 5 heteroatoms. The van der Waals surface area contributed by atoms with Gasteiger partial charge >= 0.3 is 0 Å². The Morgan fingerprint density at radius 2 is 1.85 bits per heavy atom. The van der Waals surface area contributed by atoms with Gasteiger partial charge in [0.05, 0.1) is 6.07 Å². The first-order valence-electron chi connectivity index (χ1n) is 3.39. The largest absolute Gasteiger partial charge is 0.503 e. The molecule has 1 rings (SSSR count). The molecule has 0 spiro atoms. The number of hydrogen-bond acceptors (Lipinski definition) is 3. The van der Waals surface area contributed by atoms with Gasteiger partial charge in [0.1, 0.15) is 6.04 Å². The third kappa shape index (κ3) is 1.73. The number of nitriles is 1. The quantitative estimate of drug-likeness (QED) is 0.688. The van der Waals surface area contributed by atoms with Gasteiger partial charge < -0.3 is 10.8 Å². The Balaban J connectivity index is 3.22. The highest BCUT2D eigenvalue weighted by Gasteiger charge is 2.13. The fourth-order valence-electron chi connectivity index (χ4n) is 0.839. The molecule has 3 N–H and O–H groups in total. The molecule has 1 atom stereocenters. The second kappa shape index (κ2) is 3.37. The molecule has 68 valence electrons. The van der Waals surface area contributed by atoms with Crippen LogP contribution in [0.1, 0.15) is 11.6 Å². The van der Waals surface area contributed by atoms with E-state index in [0.717, 1.165) is 12.1 Å². The van der Waals surface area contributed by atoms with Crippen LogP contribution in [0.15, 0.2) is 12.1 Å². The lowest BCUT2D eigenvalue weighted by atomic mass is 10.1. The van der Waals surface area contributed by atoms with Gasteiger partial charge in [0.2, 0.25) is 0 Å². The first-order valence-corrected chi connectivity index (χ1v) is 3.39. The van der Waals surface area contributed by atoms with E-state index in [1.165, 1.54) is 0 Å². The van der Waals surface area contributed by atoms with Crippen LogP contribution in [0, 0.1) is 23.0 Å². The van der Waals surface area contributed by atoms with Crippen molar-refractivity contribution in [1.29, 1.82) is 5.26 Å². The van der Waals surface area contributed by atoms with Crippen LogP contribution in [-0.2, 0) is 0 Å². The number of halogens is 2. The van der Waals surface area contributed by atoms with Gasteiger partial charge in [-0.2, -0.15) is 5.26 Å². The molecule has 0 aliphatic rings. The summed E-state index contributed by atoms with van der Waals surface area (Å²) in [6.45, 7) is 0. The van der Waals surface area contributed by atoms with Gasteiger partial charge in [-0.1, -0.05) is 0 Å². The summed E-state index contributed by atoms with van der Waals surface area (Å²) in [6, 6.07) is 2.18. The minimum Gasteiger partial charge on any atom is -0.503 e. The van der Waals surface area contributed by atoms with Crippen LogP contribution in [0.4, 0.5) is 8.78 Å². The third-order valence-electron chi connectivity index (χ3n) is 1.54. The van der Waals surface area contributed by atoms with E-state index in [4.69, 9.17) is 16.1 Å². The van der Waals surface area contributed by atoms with Crippen molar-refractivity contribution in [3.63, 3.8) is 0 Å². The van der Waals surface area contributed by atoms with Crippen LogP contribution in [0.2, 0.25) is 0 Å². The van der Waals surface area contributed by atoms with Crippen LogP contribution >= 0.6 is 0 Å². The van der Waals surface area contributed by atoms with Gasteiger partial charge in [0, 0.05) is 0 Å². The van der Waals surface area contributed by atoms with Gasteiger partial charge in [0.15, 0.2) is 17.4 Å². The maximum atomic E-state index is 12.7. The molecule has 13 heavy (non-hydrogen) atoms. The van der Waals surface area contributed by atoms with E-state index in [2.05, 4.69) is 0 Å². The zero-order valence-corrected chi connectivity index (χ0v) is 6.46. The lowest BCUT2D eigenvalue weighted by Crippen LogP contribution is -2.08. The number of aromatic hydroxyl groups is 1. The average molecular weight is 184 g/mol. The van der Waals surface area contributed by atoms with Gasteiger partial charge in [-0.25, -0.2) is 8.78 Å². The standard InChI is InChI=1S/C8H6F2N2O/c9-5-1-4(7(12)3-11)2-6(10)8(5)13/h1-2,7,13H,12H2/t7-/m0/s1. The van der Waals surface area contributed by atoms with Crippen molar-refractivity contribution in [2.24, 2.45) is 5.73 Å². The monoisotopic (exact) mass is 184 g/mol. The molecule has 0 radical (unpaired) electrons. The summed E-state index contributed by atoms with van der Waals surface area (Å²) in [7, 11) is 0. The first-order chi connectivity index (χ1) is 6.06. The molecule has 3 nitrogen and oxygen atoms in total. The van der Waals surface area contributed by atoms with Crippen molar-refractivity contribution in [2.75, 3.05) is 0 Å². The normalized spacial score (nSPS) is 12.2. The van der Waals surface area contributed by atoms with Crippen LogP contribution in [0.25, 0.3) is 0 Å². The zero-order chi connectivity index (χ0) is 10.0. The SMILES string of the molecule is N#C[C@H](N)c1cc(F)c(O)c(F)c1.